The summed E-state index contributed by atoms with van der Waals surface area (Å²) in [5.74, 6) is 1.55. The van der Waals surface area contributed by atoms with Crippen molar-refractivity contribution in [2.75, 3.05) is 13.1 Å². The van der Waals surface area contributed by atoms with Gasteiger partial charge in [-0.2, -0.15) is 0 Å². The number of hydrogen-bond donors (Lipinski definition) is 0. The number of carbonyl (C=O) groups excluding carboxylic acids is 1. The minimum Gasteiger partial charge on any atom is -0.449 e. The molecule has 3 heterocycles. The molecule has 1 amide bonds. The van der Waals surface area contributed by atoms with Crippen molar-refractivity contribution in [3.05, 3.63) is 36.1 Å². The second kappa shape index (κ2) is 7.02. The van der Waals surface area contributed by atoms with Crippen LogP contribution in [0.3, 0.4) is 0 Å². The van der Waals surface area contributed by atoms with Crippen LogP contribution in [0.4, 0.5) is 0 Å². The van der Waals surface area contributed by atoms with Crippen molar-refractivity contribution in [3.63, 3.8) is 0 Å². The Kier molecular flexibility index (Phi) is 4.97. The first-order valence-corrected chi connectivity index (χ1v) is 9.01. The van der Waals surface area contributed by atoms with E-state index >= 15 is 0 Å². The van der Waals surface area contributed by atoms with Crippen molar-refractivity contribution >= 4 is 5.91 Å². The summed E-state index contributed by atoms with van der Waals surface area (Å²) in [4.78, 5) is 23.1. The van der Waals surface area contributed by atoms with Gasteiger partial charge in [0.25, 0.3) is 0 Å². The van der Waals surface area contributed by atoms with E-state index in [0.29, 0.717) is 12.3 Å². The molecule has 1 aliphatic rings. The van der Waals surface area contributed by atoms with E-state index in [1.165, 1.54) is 0 Å². The molecule has 0 saturated carbocycles. The molecular weight excluding hydrogens is 316 g/mol. The van der Waals surface area contributed by atoms with Crippen LogP contribution < -0.4 is 0 Å². The molecule has 136 valence electrons. The highest BCUT2D eigenvalue weighted by Gasteiger charge is 2.25. The summed E-state index contributed by atoms with van der Waals surface area (Å²) in [7, 11) is 1.92. The van der Waals surface area contributed by atoms with E-state index < -0.39 is 0 Å². The number of hydrogen-bond acceptors (Lipinski definition) is 4. The summed E-state index contributed by atoms with van der Waals surface area (Å²) in [6.45, 7) is 8.05. The average molecular weight is 344 g/mol. The first-order chi connectivity index (χ1) is 11.8. The number of aryl methyl sites for hydroxylation is 1. The molecular formula is C19H28N4O2. The van der Waals surface area contributed by atoms with Gasteiger partial charge in [-0.05, 0) is 18.8 Å². The van der Waals surface area contributed by atoms with Gasteiger partial charge in [-0.25, -0.2) is 9.97 Å². The van der Waals surface area contributed by atoms with E-state index in [0.717, 1.165) is 49.6 Å². The minimum atomic E-state index is 0.0172. The monoisotopic (exact) mass is 344 g/mol. The number of piperidine rings is 1. The summed E-state index contributed by atoms with van der Waals surface area (Å²) in [6.07, 6.45) is 8.57. The van der Waals surface area contributed by atoms with E-state index in [4.69, 9.17) is 4.42 Å². The summed E-state index contributed by atoms with van der Waals surface area (Å²) >= 11 is 0. The summed E-state index contributed by atoms with van der Waals surface area (Å²) in [5, 5.41) is 0. The molecule has 0 unspecified atom stereocenters. The first-order valence-electron chi connectivity index (χ1n) is 9.01. The Bertz CT molecular complexity index is 718. The van der Waals surface area contributed by atoms with Crippen LogP contribution in [0, 0.1) is 5.92 Å². The molecule has 2 aromatic rings. The Morgan fingerprint density at radius 1 is 1.32 bits per heavy atom. The predicted molar refractivity (Wildman–Crippen MR) is 95.1 cm³/mol. The van der Waals surface area contributed by atoms with Gasteiger partial charge in [0.1, 0.15) is 6.26 Å². The Hall–Kier alpha value is -2.11. The zero-order chi connectivity index (χ0) is 18.0. The Morgan fingerprint density at radius 3 is 2.60 bits per heavy atom. The predicted octanol–water partition coefficient (Wildman–Crippen LogP) is 2.73. The topological polar surface area (TPSA) is 64.2 Å². The third-order valence-corrected chi connectivity index (χ3v) is 5.00. The summed E-state index contributed by atoms with van der Waals surface area (Å²) < 4.78 is 7.55. The normalized spacial score (nSPS) is 16.4. The lowest BCUT2D eigenvalue weighted by Gasteiger charge is -2.31. The average Bonchev–Trinajstić information content (AvgIpc) is 3.17. The van der Waals surface area contributed by atoms with Gasteiger partial charge in [-0.1, -0.05) is 20.8 Å². The van der Waals surface area contributed by atoms with E-state index in [1.807, 2.05) is 16.5 Å². The van der Waals surface area contributed by atoms with Crippen molar-refractivity contribution < 1.29 is 9.21 Å². The molecule has 2 aromatic heterocycles. The van der Waals surface area contributed by atoms with E-state index in [-0.39, 0.29) is 11.3 Å². The van der Waals surface area contributed by atoms with Gasteiger partial charge >= 0.3 is 0 Å². The standard InChI is InChI=1S/C19H28N4O2/c1-19(2,3)16-12-25-17(21-16)9-14-5-7-23(8-6-14)18(24)10-15-11-20-13-22(15)4/h11-14H,5-10H2,1-4H3. The van der Waals surface area contributed by atoms with Crippen LogP contribution in [-0.4, -0.2) is 38.4 Å². The molecule has 0 N–H and O–H groups in total. The van der Waals surface area contributed by atoms with Crippen LogP contribution >= 0.6 is 0 Å². The molecule has 6 heteroatoms. The summed E-state index contributed by atoms with van der Waals surface area (Å²) in [5.41, 5.74) is 1.98. The Balaban J connectivity index is 1.49. The van der Waals surface area contributed by atoms with Crippen molar-refractivity contribution in [3.8, 4) is 0 Å². The SMILES string of the molecule is Cn1cncc1CC(=O)N1CCC(Cc2nc(C(C)(C)C)co2)CC1. The molecule has 1 saturated heterocycles. The zero-order valence-corrected chi connectivity index (χ0v) is 15.7. The Labute approximate surface area is 149 Å². The fraction of sp³-hybridized carbons (Fsp3) is 0.632. The zero-order valence-electron chi connectivity index (χ0n) is 15.7. The lowest BCUT2D eigenvalue weighted by molar-refractivity contribution is -0.131. The highest BCUT2D eigenvalue weighted by molar-refractivity contribution is 5.78. The number of likely N-dealkylation sites (tertiary alicyclic amines) is 1. The van der Waals surface area contributed by atoms with Gasteiger partial charge in [0, 0.05) is 43.9 Å². The van der Waals surface area contributed by atoms with Crippen molar-refractivity contribution in [1.29, 1.82) is 0 Å². The van der Waals surface area contributed by atoms with Crippen molar-refractivity contribution in [2.45, 2.75) is 51.9 Å². The fourth-order valence-electron chi connectivity index (χ4n) is 3.20. The van der Waals surface area contributed by atoms with E-state index in [2.05, 4.69) is 30.7 Å². The molecule has 0 spiro atoms. The largest absolute Gasteiger partial charge is 0.449 e. The van der Waals surface area contributed by atoms with E-state index in [1.54, 1.807) is 18.8 Å². The lowest BCUT2D eigenvalue weighted by atomic mass is 9.92. The van der Waals surface area contributed by atoms with Gasteiger partial charge in [-0.3, -0.25) is 4.79 Å². The van der Waals surface area contributed by atoms with Gasteiger partial charge in [0.15, 0.2) is 5.89 Å². The molecule has 1 aliphatic heterocycles. The van der Waals surface area contributed by atoms with Crippen LogP contribution in [0.25, 0.3) is 0 Å². The number of nitrogens with zero attached hydrogens (tertiary/aromatic N) is 4. The van der Waals surface area contributed by atoms with Crippen LogP contribution in [0.1, 0.15) is 50.9 Å². The van der Waals surface area contributed by atoms with Gasteiger partial charge in [0.2, 0.25) is 5.91 Å². The van der Waals surface area contributed by atoms with Crippen molar-refractivity contribution in [1.82, 2.24) is 19.4 Å². The van der Waals surface area contributed by atoms with Crippen LogP contribution in [0.2, 0.25) is 0 Å². The first kappa shape index (κ1) is 17.7. The maximum atomic E-state index is 12.5. The second-order valence-electron chi connectivity index (χ2n) is 8.08. The van der Waals surface area contributed by atoms with Gasteiger partial charge in [0.05, 0.1) is 18.4 Å². The highest BCUT2D eigenvalue weighted by atomic mass is 16.3. The molecule has 0 aromatic carbocycles. The third kappa shape index (κ3) is 4.30. The summed E-state index contributed by atoms with van der Waals surface area (Å²) in [6, 6.07) is 0. The minimum absolute atomic E-state index is 0.0172. The van der Waals surface area contributed by atoms with Crippen LogP contribution in [0.15, 0.2) is 23.2 Å². The van der Waals surface area contributed by atoms with Crippen LogP contribution in [-0.2, 0) is 30.1 Å². The Morgan fingerprint density at radius 2 is 2.04 bits per heavy atom. The second-order valence-corrected chi connectivity index (χ2v) is 8.08. The number of carbonyl (C=O) groups is 1. The van der Waals surface area contributed by atoms with Crippen molar-refractivity contribution in [2.24, 2.45) is 13.0 Å². The van der Waals surface area contributed by atoms with Gasteiger partial charge < -0.3 is 13.9 Å². The van der Waals surface area contributed by atoms with E-state index in [9.17, 15) is 4.79 Å². The molecule has 0 atom stereocenters. The third-order valence-electron chi connectivity index (χ3n) is 5.00. The highest BCUT2D eigenvalue weighted by Crippen LogP contribution is 2.25. The number of aromatic nitrogens is 3. The number of oxazole rings is 1. The fourth-order valence-corrected chi connectivity index (χ4v) is 3.20. The maximum Gasteiger partial charge on any atom is 0.228 e. The molecule has 0 aliphatic carbocycles. The smallest absolute Gasteiger partial charge is 0.228 e. The molecule has 0 bridgehead atoms. The van der Waals surface area contributed by atoms with Gasteiger partial charge in [-0.15, -0.1) is 0 Å². The molecule has 0 radical (unpaired) electrons. The number of imidazole rings is 1. The number of amides is 1. The molecule has 1 fully saturated rings. The molecule has 6 nitrogen and oxygen atoms in total. The maximum absolute atomic E-state index is 12.5. The molecule has 25 heavy (non-hydrogen) atoms. The number of rotatable bonds is 4. The lowest BCUT2D eigenvalue weighted by Crippen LogP contribution is -2.40. The quantitative estimate of drug-likeness (QED) is 0.855. The van der Waals surface area contributed by atoms with Crippen LogP contribution in [0.5, 0.6) is 0 Å². The molecule has 3 rings (SSSR count).